The molecule has 3 heterocycles. The van der Waals surface area contributed by atoms with Gasteiger partial charge in [0, 0.05) is 36.1 Å². The van der Waals surface area contributed by atoms with Crippen LogP contribution in [0.3, 0.4) is 0 Å². The summed E-state index contributed by atoms with van der Waals surface area (Å²) in [6, 6.07) is 3.78. The van der Waals surface area contributed by atoms with E-state index in [9.17, 15) is 9.90 Å². The molecule has 8 nitrogen and oxygen atoms in total. The Hall–Kier alpha value is -2.71. The molecule has 3 rings (SSSR count). The maximum absolute atomic E-state index is 12.6. The number of pyridine rings is 2. The number of ether oxygens (including phenoxy) is 3. The summed E-state index contributed by atoms with van der Waals surface area (Å²) in [5.41, 5.74) is 3.23. The Morgan fingerprint density at radius 3 is 2.34 bits per heavy atom. The molecule has 1 N–H and O–H groups in total. The number of hydrogen-bond donors (Lipinski definition) is 1. The van der Waals surface area contributed by atoms with E-state index >= 15 is 0 Å². The lowest BCUT2D eigenvalue weighted by atomic mass is 9.78. The van der Waals surface area contributed by atoms with Crippen LogP contribution in [0.15, 0.2) is 24.5 Å². The third-order valence-corrected chi connectivity index (χ3v) is 7.20. The summed E-state index contributed by atoms with van der Waals surface area (Å²) in [6.07, 6.45) is 5.67. The smallest absolute Gasteiger partial charge is 0.337 e. The van der Waals surface area contributed by atoms with Crippen LogP contribution in [0.1, 0.15) is 85.1 Å². The molecule has 0 aliphatic carbocycles. The largest absolute Gasteiger partial charge is 0.490 e. The predicted molar refractivity (Wildman–Crippen MR) is 150 cm³/mol. The summed E-state index contributed by atoms with van der Waals surface area (Å²) in [7, 11) is 0. The van der Waals surface area contributed by atoms with Gasteiger partial charge >= 0.3 is 5.97 Å². The summed E-state index contributed by atoms with van der Waals surface area (Å²) in [5, 5.41) is 10.3. The highest BCUT2D eigenvalue weighted by molar-refractivity contribution is 5.85. The molecule has 2 aromatic heterocycles. The van der Waals surface area contributed by atoms with Gasteiger partial charge in [0.15, 0.2) is 6.10 Å². The van der Waals surface area contributed by atoms with Gasteiger partial charge in [-0.1, -0.05) is 20.3 Å². The first-order valence-corrected chi connectivity index (χ1v) is 13.7. The third kappa shape index (κ3) is 7.67. The van der Waals surface area contributed by atoms with Crippen molar-refractivity contribution in [1.29, 1.82) is 0 Å². The number of aromatic nitrogens is 2. The molecule has 210 valence electrons. The first-order chi connectivity index (χ1) is 17.8. The highest BCUT2D eigenvalue weighted by atomic mass is 16.5. The van der Waals surface area contributed by atoms with Crippen LogP contribution in [0.2, 0.25) is 0 Å². The summed E-state index contributed by atoms with van der Waals surface area (Å²) >= 11 is 0. The van der Waals surface area contributed by atoms with E-state index < -0.39 is 17.7 Å². The fourth-order valence-corrected chi connectivity index (χ4v) is 4.73. The number of rotatable bonds is 11. The molecule has 38 heavy (non-hydrogen) atoms. The van der Waals surface area contributed by atoms with Gasteiger partial charge in [-0.15, -0.1) is 0 Å². The van der Waals surface area contributed by atoms with Crippen LogP contribution in [0.25, 0.3) is 11.3 Å². The van der Waals surface area contributed by atoms with E-state index in [1.54, 1.807) is 12.4 Å². The van der Waals surface area contributed by atoms with Crippen LogP contribution in [0, 0.1) is 12.3 Å². The van der Waals surface area contributed by atoms with Crippen LogP contribution in [-0.2, 0) is 14.3 Å². The molecule has 0 amide bonds. The maximum atomic E-state index is 12.6. The van der Waals surface area contributed by atoms with Crippen molar-refractivity contribution in [1.82, 2.24) is 9.97 Å². The Kier molecular flexibility index (Phi) is 9.76. The second-order valence-electron chi connectivity index (χ2n) is 11.8. The second kappa shape index (κ2) is 12.4. The molecule has 2 aromatic rings. The zero-order valence-corrected chi connectivity index (χ0v) is 24.3. The lowest BCUT2D eigenvalue weighted by Gasteiger charge is -2.42. The van der Waals surface area contributed by atoms with E-state index in [2.05, 4.69) is 23.7 Å². The van der Waals surface area contributed by atoms with Crippen molar-refractivity contribution in [2.24, 2.45) is 5.41 Å². The van der Waals surface area contributed by atoms with Crippen molar-refractivity contribution in [3.8, 4) is 17.0 Å². The fraction of sp³-hybridized carbons (Fsp3) is 0.633. The predicted octanol–water partition coefficient (Wildman–Crippen LogP) is 6.21. The number of nitrogens with zero attached hydrogens (tertiary/aromatic N) is 3. The van der Waals surface area contributed by atoms with E-state index in [0.717, 1.165) is 43.6 Å². The number of anilines is 1. The van der Waals surface area contributed by atoms with E-state index in [0.29, 0.717) is 35.9 Å². The van der Waals surface area contributed by atoms with Gasteiger partial charge in [0.2, 0.25) is 0 Å². The minimum Gasteiger partial charge on any atom is -0.490 e. The molecule has 0 saturated carbocycles. The number of carboxylic acid groups (broad SMARTS) is 1. The Balaban J connectivity index is 2.04. The summed E-state index contributed by atoms with van der Waals surface area (Å²) in [4.78, 5) is 24.2. The van der Waals surface area contributed by atoms with Gasteiger partial charge in [0.1, 0.15) is 12.4 Å². The topological polar surface area (TPSA) is 94.0 Å². The molecule has 0 bridgehead atoms. The number of carboxylic acids is 1. The molecule has 0 radical (unpaired) electrons. The van der Waals surface area contributed by atoms with Crippen LogP contribution in [-0.4, -0.2) is 59.1 Å². The highest BCUT2D eigenvalue weighted by Crippen LogP contribution is 2.43. The monoisotopic (exact) mass is 527 g/mol. The van der Waals surface area contributed by atoms with Gasteiger partial charge in [-0.05, 0) is 71.9 Å². The van der Waals surface area contributed by atoms with Gasteiger partial charge in [-0.3, -0.25) is 9.97 Å². The summed E-state index contributed by atoms with van der Waals surface area (Å²) < 4.78 is 17.5. The fourth-order valence-electron chi connectivity index (χ4n) is 4.73. The number of aliphatic carboxylic acids is 1. The van der Waals surface area contributed by atoms with Crippen LogP contribution >= 0.6 is 0 Å². The Labute approximate surface area is 227 Å². The molecule has 1 atom stereocenters. The number of carbonyl (C=O) groups is 1. The lowest BCUT2D eigenvalue weighted by Crippen LogP contribution is -2.40. The van der Waals surface area contributed by atoms with E-state index in [1.165, 1.54) is 0 Å². The van der Waals surface area contributed by atoms with Gasteiger partial charge < -0.3 is 24.2 Å². The van der Waals surface area contributed by atoms with Crippen molar-refractivity contribution >= 4 is 11.7 Å². The number of hydrogen-bond acceptors (Lipinski definition) is 7. The van der Waals surface area contributed by atoms with Crippen LogP contribution in [0.5, 0.6) is 5.75 Å². The molecular weight excluding hydrogens is 482 g/mol. The van der Waals surface area contributed by atoms with Crippen LogP contribution < -0.4 is 9.64 Å². The average molecular weight is 528 g/mol. The number of piperidine rings is 1. The first-order valence-electron chi connectivity index (χ1n) is 13.7. The molecule has 0 unspecified atom stereocenters. The molecule has 8 heteroatoms. The SMILES string of the molecule is CCC1(C)CCN(c2c(-c3ccc(OCCOC(C)C)cn3)cnc(C)c2[C@H](OC(C)(C)C)C(=O)O)CC1. The maximum Gasteiger partial charge on any atom is 0.337 e. The van der Waals surface area contributed by atoms with Crippen molar-refractivity contribution < 1.29 is 24.1 Å². The van der Waals surface area contributed by atoms with Gasteiger partial charge in [-0.25, -0.2) is 4.79 Å². The molecule has 1 aliphatic heterocycles. The summed E-state index contributed by atoms with van der Waals surface area (Å²) in [6.45, 7) is 18.6. The van der Waals surface area contributed by atoms with Crippen molar-refractivity contribution in [2.75, 3.05) is 31.2 Å². The van der Waals surface area contributed by atoms with Crippen molar-refractivity contribution in [3.05, 3.63) is 35.8 Å². The molecule has 0 aromatic carbocycles. The minimum absolute atomic E-state index is 0.155. The van der Waals surface area contributed by atoms with Gasteiger partial charge in [-0.2, -0.15) is 0 Å². The molecule has 1 saturated heterocycles. The third-order valence-electron chi connectivity index (χ3n) is 7.20. The molecule has 1 aliphatic rings. The second-order valence-corrected chi connectivity index (χ2v) is 11.8. The van der Waals surface area contributed by atoms with Gasteiger partial charge in [0.25, 0.3) is 0 Å². The number of aryl methyl sites for hydroxylation is 1. The zero-order valence-electron chi connectivity index (χ0n) is 24.3. The quantitative estimate of drug-likeness (QED) is 0.345. The van der Waals surface area contributed by atoms with Crippen LogP contribution in [0.4, 0.5) is 5.69 Å². The normalized spacial score (nSPS) is 16.5. The van der Waals surface area contributed by atoms with E-state index in [-0.39, 0.29) is 11.5 Å². The molecule has 0 spiro atoms. The molecule has 1 fully saturated rings. The molecular formula is C30H45N3O5. The Morgan fingerprint density at radius 2 is 1.82 bits per heavy atom. The lowest BCUT2D eigenvalue weighted by molar-refractivity contribution is -0.160. The van der Waals surface area contributed by atoms with Crippen molar-refractivity contribution in [3.63, 3.8) is 0 Å². The first kappa shape index (κ1) is 29.8. The Bertz CT molecular complexity index is 1070. The van der Waals surface area contributed by atoms with E-state index in [1.807, 2.05) is 53.7 Å². The minimum atomic E-state index is -1.15. The summed E-state index contributed by atoms with van der Waals surface area (Å²) in [5.74, 6) is -0.377. The van der Waals surface area contributed by atoms with Crippen molar-refractivity contribution in [2.45, 2.75) is 92.5 Å². The Morgan fingerprint density at radius 1 is 1.13 bits per heavy atom. The highest BCUT2D eigenvalue weighted by Gasteiger charge is 2.36. The zero-order chi connectivity index (χ0) is 28.1. The average Bonchev–Trinajstić information content (AvgIpc) is 2.85. The van der Waals surface area contributed by atoms with E-state index in [4.69, 9.17) is 19.2 Å². The van der Waals surface area contributed by atoms with Gasteiger partial charge in [0.05, 0.1) is 35.9 Å². The standard InChI is InChI=1S/C30H45N3O5/c1-9-30(8)12-14-33(15-13-30)26-23(24-11-10-22(18-32-24)37-17-16-36-20(2)3)19-31-21(4)25(26)27(28(34)35)38-29(5,6)7/h10-11,18-20,27H,9,12-17H2,1-8H3,(H,34,35)/t27-/m0/s1.